The van der Waals surface area contributed by atoms with E-state index in [2.05, 4.69) is 27.6 Å². The zero-order valence-electron chi connectivity index (χ0n) is 23.2. The number of halogens is 1. The molecule has 1 atom stereocenters. The van der Waals surface area contributed by atoms with Crippen molar-refractivity contribution in [3.63, 3.8) is 0 Å². The highest BCUT2D eigenvalue weighted by Crippen LogP contribution is 2.33. The number of rotatable bonds is 7. The fourth-order valence-electron chi connectivity index (χ4n) is 4.92. The van der Waals surface area contributed by atoms with Crippen molar-refractivity contribution in [3.8, 4) is 17.2 Å². The number of hydrogen-bond acceptors (Lipinski definition) is 8. The van der Waals surface area contributed by atoms with Crippen molar-refractivity contribution in [2.45, 2.75) is 33.4 Å². The van der Waals surface area contributed by atoms with Gasteiger partial charge in [-0.15, -0.1) is 0 Å². The summed E-state index contributed by atoms with van der Waals surface area (Å²) in [7, 11) is 0. The number of thiazole rings is 1. The van der Waals surface area contributed by atoms with Crippen LogP contribution < -0.4 is 29.1 Å². The first-order valence-electron chi connectivity index (χ1n) is 13.4. The first kappa shape index (κ1) is 28.2. The van der Waals surface area contributed by atoms with E-state index in [9.17, 15) is 9.59 Å². The van der Waals surface area contributed by atoms with Crippen LogP contribution in [0, 0.1) is 10.5 Å². The van der Waals surface area contributed by atoms with Gasteiger partial charge in [0.2, 0.25) is 6.79 Å². The second-order valence-electron chi connectivity index (χ2n) is 9.88. The molecule has 2 aliphatic rings. The molecule has 214 valence electrons. The number of nitrogens with zero attached hydrogens (tertiary/aromatic N) is 2. The molecule has 8 nitrogen and oxygen atoms in total. The van der Waals surface area contributed by atoms with Crippen LogP contribution in [-0.4, -0.2) is 23.9 Å². The number of hydrogen-bond donors (Lipinski definition) is 0. The van der Waals surface area contributed by atoms with Gasteiger partial charge in [0.1, 0.15) is 12.4 Å². The molecule has 42 heavy (non-hydrogen) atoms. The average Bonchev–Trinajstić information content (AvgIpc) is 3.56. The van der Waals surface area contributed by atoms with Crippen molar-refractivity contribution in [2.75, 3.05) is 13.4 Å². The van der Waals surface area contributed by atoms with Crippen LogP contribution >= 0.6 is 33.9 Å². The predicted molar refractivity (Wildman–Crippen MR) is 168 cm³/mol. The molecule has 0 saturated carbocycles. The smallest absolute Gasteiger partial charge is 0.338 e. The molecule has 3 heterocycles. The summed E-state index contributed by atoms with van der Waals surface area (Å²) >= 11 is 3.54. The second-order valence-corrected chi connectivity index (χ2v) is 12.1. The molecule has 0 unspecified atom stereocenters. The summed E-state index contributed by atoms with van der Waals surface area (Å²) in [4.78, 5) is 32.1. The second kappa shape index (κ2) is 11.8. The highest BCUT2D eigenvalue weighted by Gasteiger charge is 2.33. The summed E-state index contributed by atoms with van der Waals surface area (Å²) in [5.41, 5.74) is 4.45. The van der Waals surface area contributed by atoms with E-state index >= 15 is 0 Å². The molecule has 0 aliphatic carbocycles. The summed E-state index contributed by atoms with van der Waals surface area (Å²) in [6.07, 6.45) is 1.85. The zero-order chi connectivity index (χ0) is 29.4. The van der Waals surface area contributed by atoms with Crippen molar-refractivity contribution in [2.24, 2.45) is 4.99 Å². The Labute approximate surface area is 259 Å². The zero-order valence-corrected chi connectivity index (χ0v) is 26.2. The average molecular weight is 695 g/mol. The maximum absolute atomic E-state index is 13.9. The highest BCUT2D eigenvalue weighted by molar-refractivity contribution is 14.1. The van der Waals surface area contributed by atoms with Gasteiger partial charge in [-0.05, 0) is 90.4 Å². The molecule has 0 radical (unpaired) electrons. The van der Waals surface area contributed by atoms with Gasteiger partial charge in [-0.25, -0.2) is 9.79 Å². The molecular formula is C32H27IN2O6S. The fourth-order valence-corrected chi connectivity index (χ4v) is 6.66. The van der Waals surface area contributed by atoms with E-state index in [1.807, 2.05) is 73.7 Å². The number of aryl methyl sites for hydroxylation is 1. The Bertz CT molecular complexity index is 1910. The van der Waals surface area contributed by atoms with Gasteiger partial charge in [-0.3, -0.25) is 9.36 Å². The maximum atomic E-state index is 13.9. The van der Waals surface area contributed by atoms with Crippen LogP contribution in [0.5, 0.6) is 17.2 Å². The van der Waals surface area contributed by atoms with E-state index in [0.29, 0.717) is 27.2 Å². The molecule has 1 aromatic heterocycles. The number of ether oxygens (including phenoxy) is 4. The van der Waals surface area contributed by atoms with E-state index in [1.165, 1.54) is 11.3 Å². The normalized spacial score (nSPS) is 15.8. The SMILES string of the molecule is CCOC(=O)C1=C(C)N=c2s/c(=C/c3ccc(OCc4ccc5c(c4)OCO5)c(I)c3)c(=O)n2[C@@H]1c1ccc(C)cc1. The third-order valence-corrected chi connectivity index (χ3v) is 8.82. The molecule has 2 aliphatic heterocycles. The third-order valence-electron chi connectivity index (χ3n) is 7.00. The van der Waals surface area contributed by atoms with E-state index < -0.39 is 12.0 Å². The topological polar surface area (TPSA) is 88.4 Å². The third kappa shape index (κ3) is 5.48. The molecule has 0 N–H and O–H groups in total. The van der Waals surface area contributed by atoms with Gasteiger partial charge >= 0.3 is 5.97 Å². The van der Waals surface area contributed by atoms with E-state index in [4.69, 9.17) is 18.9 Å². The largest absolute Gasteiger partial charge is 0.488 e. The van der Waals surface area contributed by atoms with E-state index in [0.717, 1.165) is 43.1 Å². The number of benzene rings is 3. The van der Waals surface area contributed by atoms with Gasteiger partial charge in [0.05, 0.1) is 32.0 Å². The van der Waals surface area contributed by atoms with Gasteiger partial charge < -0.3 is 18.9 Å². The van der Waals surface area contributed by atoms with Crippen LogP contribution in [0.3, 0.4) is 0 Å². The number of allylic oxidation sites excluding steroid dienone is 1. The van der Waals surface area contributed by atoms with Crippen LogP contribution in [0.2, 0.25) is 0 Å². The molecule has 0 spiro atoms. The van der Waals surface area contributed by atoms with E-state index in [-0.39, 0.29) is 19.0 Å². The number of carbonyl (C=O) groups is 1. The molecule has 0 amide bonds. The summed E-state index contributed by atoms with van der Waals surface area (Å²) in [6, 6.07) is 18.7. The Kier molecular flexibility index (Phi) is 7.91. The molecule has 0 saturated heterocycles. The van der Waals surface area contributed by atoms with Crippen LogP contribution in [0.1, 0.15) is 42.1 Å². The monoisotopic (exact) mass is 694 g/mol. The van der Waals surface area contributed by atoms with Gasteiger partial charge in [0.25, 0.3) is 5.56 Å². The lowest BCUT2D eigenvalue weighted by Gasteiger charge is -2.24. The van der Waals surface area contributed by atoms with Crippen LogP contribution in [0.15, 0.2) is 81.7 Å². The lowest BCUT2D eigenvalue weighted by atomic mass is 9.95. The number of carbonyl (C=O) groups excluding carboxylic acids is 1. The number of aromatic nitrogens is 1. The highest BCUT2D eigenvalue weighted by atomic mass is 127. The number of fused-ring (bicyclic) bond motifs is 2. The van der Waals surface area contributed by atoms with Crippen molar-refractivity contribution in [1.82, 2.24) is 4.57 Å². The minimum absolute atomic E-state index is 0.211. The van der Waals surface area contributed by atoms with Gasteiger partial charge in [0.15, 0.2) is 16.3 Å². The standard InChI is InChI=1S/C32H27IN2O6S/c1-4-38-31(37)28-19(3)34-32-35(29(28)22-9-5-18(2)6-10-22)30(36)27(42-32)15-20-7-11-24(23(33)13-20)39-16-21-8-12-25-26(14-21)41-17-40-25/h5-15,29H,4,16-17H2,1-3H3/b27-15+/t29-/m1/s1. The summed E-state index contributed by atoms with van der Waals surface area (Å²) < 4.78 is 25.3. The van der Waals surface area contributed by atoms with Gasteiger partial charge in [-0.1, -0.05) is 53.3 Å². The Morgan fingerprint density at radius 2 is 1.88 bits per heavy atom. The molecule has 10 heteroatoms. The maximum Gasteiger partial charge on any atom is 0.338 e. The lowest BCUT2D eigenvalue weighted by Crippen LogP contribution is -2.39. The summed E-state index contributed by atoms with van der Waals surface area (Å²) in [5, 5.41) is 0. The molecule has 3 aromatic carbocycles. The Morgan fingerprint density at radius 3 is 2.64 bits per heavy atom. The summed E-state index contributed by atoms with van der Waals surface area (Å²) in [6.45, 7) is 6.39. The minimum Gasteiger partial charge on any atom is -0.488 e. The van der Waals surface area contributed by atoms with Crippen LogP contribution in [0.4, 0.5) is 0 Å². The van der Waals surface area contributed by atoms with Crippen LogP contribution in [-0.2, 0) is 16.1 Å². The molecule has 6 rings (SSSR count). The predicted octanol–water partition coefficient (Wildman–Crippen LogP) is 5.02. The first-order valence-corrected chi connectivity index (χ1v) is 15.3. The van der Waals surface area contributed by atoms with Gasteiger partial charge in [-0.2, -0.15) is 0 Å². The molecular weight excluding hydrogens is 667 g/mol. The Morgan fingerprint density at radius 1 is 1.10 bits per heavy atom. The van der Waals surface area contributed by atoms with E-state index in [1.54, 1.807) is 18.4 Å². The number of esters is 1. The minimum atomic E-state index is -0.629. The quantitative estimate of drug-likeness (QED) is 0.200. The molecule has 4 aromatic rings. The Hall–Kier alpha value is -3.90. The molecule has 0 fully saturated rings. The summed E-state index contributed by atoms with van der Waals surface area (Å²) in [5.74, 6) is 1.72. The molecule has 0 bridgehead atoms. The first-order chi connectivity index (χ1) is 20.3. The van der Waals surface area contributed by atoms with Crippen molar-refractivity contribution < 1.29 is 23.7 Å². The fraction of sp³-hybridized carbons (Fsp3) is 0.219. The van der Waals surface area contributed by atoms with Crippen LogP contribution in [0.25, 0.3) is 6.08 Å². The van der Waals surface area contributed by atoms with Crippen molar-refractivity contribution in [3.05, 3.63) is 117 Å². The van der Waals surface area contributed by atoms with Gasteiger partial charge in [0, 0.05) is 0 Å². The van der Waals surface area contributed by atoms with Crippen molar-refractivity contribution >= 4 is 46.0 Å². The van der Waals surface area contributed by atoms with Crippen molar-refractivity contribution in [1.29, 1.82) is 0 Å². The Balaban J connectivity index is 1.32. The lowest BCUT2D eigenvalue weighted by molar-refractivity contribution is -0.139.